The first-order valence-electron chi connectivity index (χ1n) is 6.46. The molecule has 0 aliphatic rings. The molecule has 21 heavy (non-hydrogen) atoms. The minimum absolute atomic E-state index is 0.0144. The summed E-state index contributed by atoms with van der Waals surface area (Å²) in [6.07, 6.45) is -0.275. The van der Waals surface area contributed by atoms with Gasteiger partial charge in [-0.2, -0.15) is 0 Å². The third kappa shape index (κ3) is 6.28. The normalized spacial score (nSPS) is 11.4. The summed E-state index contributed by atoms with van der Waals surface area (Å²) < 4.78 is 5.11. The highest BCUT2D eigenvalue weighted by atomic mass is 16.5. The van der Waals surface area contributed by atoms with Gasteiger partial charge in [-0.3, -0.25) is 9.59 Å². The summed E-state index contributed by atoms with van der Waals surface area (Å²) in [4.78, 5) is 23.0. The summed E-state index contributed by atoms with van der Waals surface area (Å²) in [5.41, 5.74) is 0.726. The van der Waals surface area contributed by atoms with Gasteiger partial charge >= 0.3 is 7.12 Å². The van der Waals surface area contributed by atoms with Crippen LogP contribution in [0.1, 0.15) is 24.9 Å². The van der Waals surface area contributed by atoms with Crippen LogP contribution in [0.2, 0.25) is 0 Å². The molecule has 0 fully saturated rings. The Labute approximate surface area is 123 Å². The van der Waals surface area contributed by atoms with Crippen LogP contribution in [0.3, 0.4) is 0 Å². The highest BCUT2D eigenvalue weighted by Crippen LogP contribution is 2.21. The van der Waals surface area contributed by atoms with E-state index >= 15 is 0 Å². The number of nitrogens with one attached hydrogen (secondary N) is 2. The second-order valence-corrected chi connectivity index (χ2v) is 4.52. The maximum Gasteiger partial charge on any atom is 0.472 e. The second kappa shape index (κ2) is 8.28. The van der Waals surface area contributed by atoms with E-state index in [9.17, 15) is 9.59 Å². The number of ether oxygens (including phenoxy) is 1. The molecule has 0 heterocycles. The number of carbonyl (C=O) groups excluding carboxylic acids is 2. The van der Waals surface area contributed by atoms with Crippen molar-refractivity contribution in [3.8, 4) is 5.75 Å². The highest BCUT2D eigenvalue weighted by Gasteiger charge is 2.18. The SMILES string of the molecule is COc1cccc(C(CC(=O)NCB(O)O)NC(C)=O)c1. The van der Waals surface area contributed by atoms with Crippen molar-refractivity contribution in [2.45, 2.75) is 19.4 Å². The van der Waals surface area contributed by atoms with Gasteiger partial charge in [0.2, 0.25) is 11.8 Å². The Balaban J connectivity index is 2.79. The standard InChI is InChI=1S/C13H19BN2O5/c1-9(17)16-12(7-13(18)15-8-14(19)20)10-4-3-5-11(6-10)21-2/h3-6,12,19-20H,7-8H2,1-2H3,(H,15,18)(H,16,17). The van der Waals surface area contributed by atoms with Crippen molar-refractivity contribution in [2.75, 3.05) is 13.6 Å². The van der Waals surface area contributed by atoms with E-state index in [1.54, 1.807) is 24.3 Å². The van der Waals surface area contributed by atoms with Crippen molar-refractivity contribution in [3.63, 3.8) is 0 Å². The molecule has 0 spiro atoms. The van der Waals surface area contributed by atoms with Crippen LogP contribution in [0, 0.1) is 0 Å². The van der Waals surface area contributed by atoms with Gasteiger partial charge in [-0.25, -0.2) is 0 Å². The number of methoxy groups -OCH3 is 1. The molecule has 7 nitrogen and oxygen atoms in total. The molecular weight excluding hydrogens is 275 g/mol. The van der Waals surface area contributed by atoms with Gasteiger partial charge in [0.1, 0.15) is 5.75 Å². The number of benzene rings is 1. The monoisotopic (exact) mass is 294 g/mol. The Morgan fingerprint density at radius 3 is 2.67 bits per heavy atom. The van der Waals surface area contributed by atoms with Crippen LogP contribution in [0.15, 0.2) is 24.3 Å². The van der Waals surface area contributed by atoms with E-state index in [0.29, 0.717) is 5.75 Å². The molecule has 8 heteroatoms. The van der Waals surface area contributed by atoms with E-state index < -0.39 is 19.1 Å². The minimum atomic E-state index is -1.61. The first-order valence-corrected chi connectivity index (χ1v) is 6.46. The van der Waals surface area contributed by atoms with Gasteiger partial charge in [-0.15, -0.1) is 0 Å². The predicted molar refractivity (Wildman–Crippen MR) is 77.4 cm³/mol. The molecule has 114 valence electrons. The lowest BCUT2D eigenvalue weighted by molar-refractivity contribution is -0.122. The van der Waals surface area contributed by atoms with E-state index in [0.717, 1.165) is 5.56 Å². The molecule has 0 saturated heterocycles. The Morgan fingerprint density at radius 2 is 2.10 bits per heavy atom. The average Bonchev–Trinajstić information content (AvgIpc) is 2.44. The first-order chi connectivity index (χ1) is 9.92. The summed E-state index contributed by atoms with van der Waals surface area (Å²) in [5, 5.41) is 22.5. The summed E-state index contributed by atoms with van der Waals surface area (Å²) >= 11 is 0. The van der Waals surface area contributed by atoms with Crippen molar-refractivity contribution >= 4 is 18.9 Å². The van der Waals surface area contributed by atoms with Crippen molar-refractivity contribution in [1.82, 2.24) is 10.6 Å². The second-order valence-electron chi connectivity index (χ2n) is 4.52. The third-order valence-corrected chi connectivity index (χ3v) is 2.74. The fraction of sp³-hybridized carbons (Fsp3) is 0.385. The van der Waals surface area contributed by atoms with Crippen LogP contribution in [0.4, 0.5) is 0 Å². The third-order valence-electron chi connectivity index (χ3n) is 2.74. The van der Waals surface area contributed by atoms with E-state index in [2.05, 4.69) is 10.6 Å². The zero-order valence-corrected chi connectivity index (χ0v) is 12.0. The zero-order valence-electron chi connectivity index (χ0n) is 12.0. The number of carbonyl (C=O) groups is 2. The fourth-order valence-electron chi connectivity index (χ4n) is 1.82. The molecule has 2 amide bonds. The van der Waals surface area contributed by atoms with Gasteiger partial charge in [-0.1, -0.05) is 12.1 Å². The smallest absolute Gasteiger partial charge is 0.472 e. The first kappa shape index (κ1) is 17.0. The zero-order chi connectivity index (χ0) is 15.8. The summed E-state index contributed by atoms with van der Waals surface area (Å²) in [7, 11) is -0.0769. The molecule has 1 rings (SSSR count). The topological polar surface area (TPSA) is 108 Å². The molecule has 0 aliphatic carbocycles. The Kier molecular flexibility index (Phi) is 6.70. The highest BCUT2D eigenvalue weighted by molar-refractivity contribution is 6.41. The Hall–Kier alpha value is -2.06. The lowest BCUT2D eigenvalue weighted by atomic mass is 9.92. The largest absolute Gasteiger partial charge is 0.497 e. The quantitative estimate of drug-likeness (QED) is 0.502. The predicted octanol–water partition coefficient (Wildman–Crippen LogP) is -0.609. The molecule has 0 saturated carbocycles. The van der Waals surface area contributed by atoms with Gasteiger partial charge in [0.05, 0.1) is 26.0 Å². The molecule has 0 aliphatic heterocycles. The molecular formula is C13H19BN2O5. The molecule has 1 aromatic rings. The van der Waals surface area contributed by atoms with E-state index in [1.807, 2.05) is 0 Å². The molecule has 0 radical (unpaired) electrons. The van der Waals surface area contributed by atoms with Crippen molar-refractivity contribution < 1.29 is 24.4 Å². The maximum absolute atomic E-state index is 11.8. The Morgan fingerprint density at radius 1 is 1.38 bits per heavy atom. The summed E-state index contributed by atoms with van der Waals surface area (Å²) in [6, 6.07) is 6.51. The lowest BCUT2D eigenvalue weighted by Crippen LogP contribution is -2.37. The number of amides is 2. The molecule has 1 atom stereocenters. The lowest BCUT2D eigenvalue weighted by Gasteiger charge is -2.18. The van der Waals surface area contributed by atoms with Crippen LogP contribution >= 0.6 is 0 Å². The fourth-order valence-corrected chi connectivity index (χ4v) is 1.82. The van der Waals surface area contributed by atoms with Crippen molar-refractivity contribution in [1.29, 1.82) is 0 Å². The Bertz CT molecular complexity index is 495. The van der Waals surface area contributed by atoms with E-state index in [4.69, 9.17) is 14.8 Å². The van der Waals surface area contributed by atoms with Gasteiger partial charge in [0.15, 0.2) is 0 Å². The summed E-state index contributed by atoms with van der Waals surface area (Å²) in [6.45, 7) is 1.36. The number of hydrogen-bond donors (Lipinski definition) is 4. The van der Waals surface area contributed by atoms with Gasteiger partial charge < -0.3 is 25.4 Å². The van der Waals surface area contributed by atoms with Crippen LogP contribution in [-0.4, -0.2) is 42.5 Å². The van der Waals surface area contributed by atoms with Crippen LogP contribution < -0.4 is 15.4 Å². The molecule has 1 aromatic carbocycles. The number of hydrogen-bond acceptors (Lipinski definition) is 5. The minimum Gasteiger partial charge on any atom is -0.497 e. The van der Waals surface area contributed by atoms with E-state index in [1.165, 1.54) is 14.0 Å². The van der Waals surface area contributed by atoms with Gasteiger partial charge in [0.25, 0.3) is 0 Å². The van der Waals surface area contributed by atoms with E-state index in [-0.39, 0.29) is 18.8 Å². The summed E-state index contributed by atoms with van der Waals surface area (Å²) in [5.74, 6) is -0.0449. The molecule has 0 aromatic heterocycles. The average molecular weight is 294 g/mol. The van der Waals surface area contributed by atoms with Crippen LogP contribution in [0.5, 0.6) is 5.75 Å². The maximum atomic E-state index is 11.8. The molecule has 4 N–H and O–H groups in total. The van der Waals surface area contributed by atoms with Crippen molar-refractivity contribution in [2.24, 2.45) is 0 Å². The molecule has 0 bridgehead atoms. The van der Waals surface area contributed by atoms with Crippen LogP contribution in [-0.2, 0) is 9.59 Å². The molecule has 1 unspecified atom stereocenters. The number of rotatable bonds is 7. The van der Waals surface area contributed by atoms with Crippen molar-refractivity contribution in [3.05, 3.63) is 29.8 Å². The van der Waals surface area contributed by atoms with Crippen LogP contribution in [0.25, 0.3) is 0 Å². The van der Waals surface area contributed by atoms with Gasteiger partial charge in [0, 0.05) is 6.92 Å². The van der Waals surface area contributed by atoms with Gasteiger partial charge in [-0.05, 0) is 17.7 Å².